The highest BCUT2D eigenvalue weighted by Gasteiger charge is 1.98. The lowest BCUT2D eigenvalue weighted by molar-refractivity contribution is -0.135. The molecule has 0 saturated carbocycles. The van der Waals surface area contributed by atoms with E-state index >= 15 is 0 Å². The molecule has 5 heteroatoms. The van der Waals surface area contributed by atoms with Crippen molar-refractivity contribution in [2.75, 3.05) is 33.2 Å². The molecule has 0 bridgehead atoms. The van der Waals surface area contributed by atoms with Gasteiger partial charge in [-0.15, -0.1) is 0 Å². The lowest BCUT2D eigenvalue weighted by atomic mass is 10.1. The topological polar surface area (TPSA) is 55.8 Å². The summed E-state index contributed by atoms with van der Waals surface area (Å²) in [6, 6.07) is 7.87. The third kappa shape index (κ3) is 6.65. The summed E-state index contributed by atoms with van der Waals surface area (Å²) in [6.07, 6.45) is 7.58. The van der Waals surface area contributed by atoms with Crippen LogP contribution in [0.2, 0.25) is 0 Å². The molecule has 0 heterocycles. The molecule has 0 aromatic heterocycles. The van der Waals surface area contributed by atoms with Crippen LogP contribution in [-0.2, 0) is 19.1 Å². The summed E-state index contributed by atoms with van der Waals surface area (Å²) < 4.78 is 9.13. The summed E-state index contributed by atoms with van der Waals surface area (Å²) in [5, 5.41) is 0. The fourth-order valence-corrected chi connectivity index (χ4v) is 1.68. The number of esters is 2. The molecule has 1 rings (SSSR count). The lowest BCUT2D eigenvalue weighted by Crippen LogP contribution is -2.07. The van der Waals surface area contributed by atoms with E-state index in [1.54, 1.807) is 12.2 Å². The molecule has 0 fully saturated rings. The molecule has 0 aliphatic heterocycles. The number of allylic oxidation sites excluding steroid dienone is 3. The van der Waals surface area contributed by atoms with E-state index < -0.39 is 11.9 Å². The summed E-state index contributed by atoms with van der Waals surface area (Å²) >= 11 is 0. The van der Waals surface area contributed by atoms with Crippen molar-refractivity contribution in [2.45, 2.75) is 0 Å². The average Bonchev–Trinajstić information content (AvgIpc) is 2.56. The van der Waals surface area contributed by atoms with Crippen molar-refractivity contribution in [2.24, 2.45) is 0 Å². The second-order valence-electron chi connectivity index (χ2n) is 4.84. The molecule has 1 aromatic rings. The molecule has 122 valence electrons. The maximum absolute atomic E-state index is 11.2. The second kappa shape index (κ2) is 9.25. The van der Waals surface area contributed by atoms with Gasteiger partial charge in [-0.05, 0) is 41.5 Å². The van der Waals surface area contributed by atoms with Crippen molar-refractivity contribution in [3.05, 3.63) is 59.7 Å². The van der Waals surface area contributed by atoms with Crippen molar-refractivity contribution >= 4 is 23.7 Å². The molecular formula is C18H21NO4. The third-order valence-corrected chi connectivity index (χ3v) is 2.97. The van der Waals surface area contributed by atoms with Crippen LogP contribution < -0.4 is 4.90 Å². The fraction of sp³-hybridized carbons (Fsp3) is 0.222. The van der Waals surface area contributed by atoms with Gasteiger partial charge in [0, 0.05) is 31.9 Å². The molecule has 0 radical (unpaired) electrons. The predicted octanol–water partition coefficient (Wildman–Crippen LogP) is 2.59. The molecule has 0 spiro atoms. The highest BCUT2D eigenvalue weighted by molar-refractivity contribution is 5.85. The zero-order valence-electron chi connectivity index (χ0n) is 13.8. The van der Waals surface area contributed by atoms with Crippen LogP contribution in [0.25, 0.3) is 6.08 Å². The Kier molecular flexibility index (Phi) is 7.33. The Hall–Kier alpha value is -2.82. The molecule has 0 aliphatic carbocycles. The van der Waals surface area contributed by atoms with E-state index in [4.69, 9.17) is 0 Å². The van der Waals surface area contributed by atoms with Crippen molar-refractivity contribution in [1.82, 2.24) is 0 Å². The minimum atomic E-state index is -0.467. The largest absolute Gasteiger partial charge is 0.466 e. The number of methoxy groups -OCH3 is 2. The van der Waals surface area contributed by atoms with E-state index in [1.165, 1.54) is 26.4 Å². The third-order valence-electron chi connectivity index (χ3n) is 2.97. The zero-order chi connectivity index (χ0) is 17.2. The molecule has 5 nitrogen and oxygen atoms in total. The zero-order valence-corrected chi connectivity index (χ0v) is 13.8. The maximum Gasteiger partial charge on any atom is 0.330 e. The molecule has 0 N–H and O–H groups in total. The Morgan fingerprint density at radius 1 is 0.870 bits per heavy atom. The van der Waals surface area contributed by atoms with Gasteiger partial charge < -0.3 is 14.4 Å². The van der Waals surface area contributed by atoms with Crippen molar-refractivity contribution in [3.63, 3.8) is 0 Å². The molecule has 0 aliphatic rings. The maximum atomic E-state index is 11.2. The number of nitrogens with zero attached hydrogens (tertiary/aromatic N) is 1. The molecule has 0 saturated heterocycles. The summed E-state index contributed by atoms with van der Waals surface area (Å²) in [5.74, 6) is -0.935. The molecule has 0 atom stereocenters. The van der Waals surface area contributed by atoms with Gasteiger partial charge in [0.1, 0.15) is 0 Å². The normalized spacial score (nSPS) is 10.6. The Balaban J connectivity index is 3.05. The molecular weight excluding hydrogens is 294 g/mol. The van der Waals surface area contributed by atoms with Crippen molar-refractivity contribution in [3.8, 4) is 0 Å². The first-order valence-corrected chi connectivity index (χ1v) is 6.97. The van der Waals surface area contributed by atoms with E-state index in [1.807, 2.05) is 49.3 Å². The van der Waals surface area contributed by atoms with Gasteiger partial charge in [-0.3, -0.25) is 0 Å². The van der Waals surface area contributed by atoms with Gasteiger partial charge in [0.25, 0.3) is 0 Å². The average molecular weight is 315 g/mol. The lowest BCUT2D eigenvalue weighted by Gasteiger charge is -2.11. The minimum Gasteiger partial charge on any atom is -0.466 e. The fourth-order valence-electron chi connectivity index (χ4n) is 1.68. The molecule has 0 amide bonds. The number of ether oxygens (including phenoxy) is 2. The standard InChI is InChI=1S/C18H21NO4/c1-19(2)16-9-5-14(6-10-16)13-15(7-11-17(20)22-3)8-12-18(21)23-4/h5-13H,1-4H3/b11-7+,12-8+. The van der Waals surface area contributed by atoms with Gasteiger partial charge in [-0.1, -0.05) is 12.1 Å². The first kappa shape index (κ1) is 18.2. The first-order valence-electron chi connectivity index (χ1n) is 6.97. The first-order chi connectivity index (χ1) is 11.0. The molecule has 1 aromatic carbocycles. The van der Waals surface area contributed by atoms with Crippen LogP contribution >= 0.6 is 0 Å². The van der Waals surface area contributed by atoms with Crippen molar-refractivity contribution < 1.29 is 19.1 Å². The molecule has 0 unspecified atom stereocenters. The molecule has 23 heavy (non-hydrogen) atoms. The van der Waals surface area contributed by atoms with Crippen LogP contribution in [0, 0.1) is 0 Å². The number of rotatable bonds is 6. The minimum absolute atomic E-state index is 0.467. The number of carbonyl (C=O) groups excluding carboxylic acids is 2. The summed E-state index contributed by atoms with van der Waals surface area (Å²) in [6.45, 7) is 0. The predicted molar refractivity (Wildman–Crippen MR) is 91.1 cm³/mol. The Bertz CT molecular complexity index is 597. The van der Waals surface area contributed by atoms with Gasteiger partial charge in [0.15, 0.2) is 0 Å². The van der Waals surface area contributed by atoms with Gasteiger partial charge in [0.2, 0.25) is 0 Å². The van der Waals surface area contributed by atoms with E-state index in [0.29, 0.717) is 5.57 Å². The van der Waals surface area contributed by atoms with Crippen LogP contribution in [0.3, 0.4) is 0 Å². The summed E-state index contributed by atoms with van der Waals surface area (Å²) in [7, 11) is 6.55. The van der Waals surface area contributed by atoms with Gasteiger partial charge in [-0.25, -0.2) is 9.59 Å². The SMILES string of the molecule is COC(=O)/C=C/C(=Cc1ccc(N(C)C)cc1)/C=C/C(=O)OC. The van der Waals surface area contributed by atoms with E-state index in [-0.39, 0.29) is 0 Å². The highest BCUT2D eigenvalue weighted by Crippen LogP contribution is 2.15. The Labute approximate surface area is 136 Å². The second-order valence-corrected chi connectivity index (χ2v) is 4.84. The summed E-state index contributed by atoms with van der Waals surface area (Å²) in [5.41, 5.74) is 2.69. The van der Waals surface area contributed by atoms with Crippen LogP contribution in [0.4, 0.5) is 5.69 Å². The van der Waals surface area contributed by atoms with Gasteiger partial charge in [-0.2, -0.15) is 0 Å². The van der Waals surface area contributed by atoms with Crippen LogP contribution in [0.1, 0.15) is 5.56 Å². The van der Waals surface area contributed by atoms with Crippen LogP contribution in [0.15, 0.2) is 54.1 Å². The number of hydrogen-bond acceptors (Lipinski definition) is 5. The Morgan fingerprint density at radius 2 is 1.35 bits per heavy atom. The monoisotopic (exact) mass is 315 g/mol. The number of carbonyl (C=O) groups is 2. The Morgan fingerprint density at radius 3 is 1.74 bits per heavy atom. The smallest absolute Gasteiger partial charge is 0.330 e. The van der Waals surface area contributed by atoms with Crippen molar-refractivity contribution in [1.29, 1.82) is 0 Å². The van der Waals surface area contributed by atoms with E-state index in [0.717, 1.165) is 11.3 Å². The number of hydrogen-bond donors (Lipinski definition) is 0. The van der Waals surface area contributed by atoms with Crippen LogP contribution in [-0.4, -0.2) is 40.3 Å². The van der Waals surface area contributed by atoms with Gasteiger partial charge >= 0.3 is 11.9 Å². The summed E-state index contributed by atoms with van der Waals surface area (Å²) in [4.78, 5) is 24.5. The van der Waals surface area contributed by atoms with E-state index in [9.17, 15) is 9.59 Å². The van der Waals surface area contributed by atoms with Crippen LogP contribution in [0.5, 0.6) is 0 Å². The van der Waals surface area contributed by atoms with E-state index in [2.05, 4.69) is 9.47 Å². The highest BCUT2D eigenvalue weighted by atomic mass is 16.5. The number of anilines is 1. The quantitative estimate of drug-likeness (QED) is 0.459. The number of benzene rings is 1. The van der Waals surface area contributed by atoms with Gasteiger partial charge in [0.05, 0.1) is 14.2 Å².